The van der Waals surface area contributed by atoms with Gasteiger partial charge in [-0.1, -0.05) is 45.2 Å². The van der Waals surface area contributed by atoms with E-state index < -0.39 is 0 Å². The van der Waals surface area contributed by atoms with Crippen molar-refractivity contribution in [3.05, 3.63) is 92.9 Å². The van der Waals surface area contributed by atoms with Crippen LogP contribution in [0.4, 0.5) is 5.69 Å². The smallest absolute Gasteiger partial charge is 0.271 e. The summed E-state index contributed by atoms with van der Waals surface area (Å²) >= 11 is 9.39. The minimum atomic E-state index is -0.356. The summed E-state index contributed by atoms with van der Waals surface area (Å²) in [5.74, 6) is -0.249. The Balaban J connectivity index is 1.61. The quantitative estimate of drug-likeness (QED) is 0.346. The molecule has 0 radical (unpaired) electrons. The molecule has 0 saturated carbocycles. The van der Waals surface area contributed by atoms with Gasteiger partial charge in [0.1, 0.15) is 5.75 Å². The fourth-order valence-corrected chi connectivity index (χ4v) is 3.00. The Labute approximate surface area is 193 Å². The van der Waals surface area contributed by atoms with Gasteiger partial charge < -0.3 is 10.1 Å². The van der Waals surface area contributed by atoms with Gasteiger partial charge in [0.2, 0.25) is 0 Å². The fourth-order valence-electron chi connectivity index (χ4n) is 2.56. The van der Waals surface area contributed by atoms with Crippen molar-refractivity contribution in [3.8, 4) is 5.75 Å². The average molecular weight is 501 g/mol. The van der Waals surface area contributed by atoms with Crippen LogP contribution >= 0.6 is 27.5 Å². The maximum atomic E-state index is 12.2. The van der Waals surface area contributed by atoms with Gasteiger partial charge in [0, 0.05) is 26.3 Å². The van der Waals surface area contributed by atoms with Gasteiger partial charge in [0.15, 0.2) is 6.61 Å². The third kappa shape index (κ3) is 6.94. The van der Waals surface area contributed by atoms with E-state index in [9.17, 15) is 9.59 Å². The Morgan fingerprint density at radius 2 is 1.77 bits per heavy atom. The van der Waals surface area contributed by atoms with Gasteiger partial charge in [-0.2, -0.15) is 5.10 Å². The molecule has 0 spiro atoms. The Morgan fingerprint density at radius 1 is 1.06 bits per heavy atom. The van der Waals surface area contributed by atoms with E-state index in [1.54, 1.807) is 42.5 Å². The maximum absolute atomic E-state index is 12.2. The predicted octanol–water partition coefficient (Wildman–Crippen LogP) is 5.19. The van der Waals surface area contributed by atoms with Crippen LogP contribution in [0.15, 0.2) is 76.3 Å². The van der Waals surface area contributed by atoms with Gasteiger partial charge in [-0.3, -0.25) is 9.59 Å². The highest BCUT2D eigenvalue weighted by molar-refractivity contribution is 9.10. The lowest BCUT2D eigenvalue weighted by Crippen LogP contribution is -2.20. The molecule has 0 fully saturated rings. The van der Waals surface area contributed by atoms with E-state index in [2.05, 4.69) is 31.8 Å². The highest BCUT2D eigenvalue weighted by Crippen LogP contribution is 2.21. The normalized spacial score (nSPS) is 10.7. The summed E-state index contributed by atoms with van der Waals surface area (Å²) in [5, 5.41) is 7.21. The van der Waals surface area contributed by atoms with Crippen molar-refractivity contribution < 1.29 is 14.3 Å². The molecule has 2 N–H and O–H groups in total. The lowest BCUT2D eigenvalue weighted by Gasteiger charge is -2.10. The number of halogens is 2. The van der Waals surface area contributed by atoms with Crippen LogP contribution in [-0.4, -0.2) is 24.6 Å². The second-order valence-corrected chi connectivity index (χ2v) is 7.94. The standard InChI is InChI=1S/C23H19BrClN3O3/c1-15-2-9-20(10-3-15)27-22(29)14-31-21-11-8-19(25)12-17(21)13-26-28-23(30)16-4-6-18(24)7-5-16/h2-13H,14H2,1H3,(H,27,29)(H,28,30)/b26-13+. The first-order valence-corrected chi connectivity index (χ1v) is 10.5. The molecule has 3 rings (SSSR count). The van der Waals surface area contributed by atoms with Crippen LogP contribution in [0, 0.1) is 6.92 Å². The Kier molecular flexibility index (Phi) is 7.81. The van der Waals surface area contributed by atoms with Gasteiger partial charge in [0.05, 0.1) is 6.21 Å². The van der Waals surface area contributed by atoms with Crippen molar-refractivity contribution in [3.63, 3.8) is 0 Å². The number of aryl methyl sites for hydroxylation is 1. The van der Waals surface area contributed by atoms with Crippen molar-refractivity contribution in [2.75, 3.05) is 11.9 Å². The molecule has 0 aliphatic heterocycles. The van der Waals surface area contributed by atoms with Gasteiger partial charge in [-0.05, 0) is 61.5 Å². The number of hydrogen-bond acceptors (Lipinski definition) is 4. The highest BCUT2D eigenvalue weighted by Gasteiger charge is 2.08. The largest absolute Gasteiger partial charge is 0.483 e. The van der Waals surface area contributed by atoms with Crippen molar-refractivity contribution in [1.29, 1.82) is 0 Å². The number of carbonyl (C=O) groups is 2. The van der Waals surface area contributed by atoms with Crippen LogP contribution in [0.25, 0.3) is 0 Å². The first-order chi connectivity index (χ1) is 14.9. The van der Waals surface area contributed by atoms with Gasteiger partial charge in [0.25, 0.3) is 11.8 Å². The minimum Gasteiger partial charge on any atom is -0.483 e. The molecule has 2 amide bonds. The van der Waals surface area contributed by atoms with E-state index in [4.69, 9.17) is 16.3 Å². The van der Waals surface area contributed by atoms with Crippen molar-refractivity contribution in [1.82, 2.24) is 5.43 Å². The zero-order chi connectivity index (χ0) is 22.2. The Hall–Kier alpha value is -3.16. The van der Waals surface area contributed by atoms with Gasteiger partial charge in [-0.25, -0.2) is 5.43 Å². The third-order valence-electron chi connectivity index (χ3n) is 4.14. The molecule has 0 aliphatic rings. The summed E-state index contributed by atoms with van der Waals surface area (Å²) in [4.78, 5) is 24.3. The second kappa shape index (κ2) is 10.7. The number of ether oxygens (including phenoxy) is 1. The van der Waals surface area contributed by atoms with E-state index in [1.807, 2.05) is 31.2 Å². The number of nitrogens with one attached hydrogen (secondary N) is 2. The fraction of sp³-hybridized carbons (Fsp3) is 0.0870. The minimum absolute atomic E-state index is 0.193. The number of amides is 2. The number of rotatable bonds is 7. The van der Waals surface area contributed by atoms with Crippen LogP contribution in [-0.2, 0) is 4.79 Å². The first-order valence-electron chi connectivity index (χ1n) is 9.28. The van der Waals surface area contributed by atoms with Crippen molar-refractivity contribution in [2.45, 2.75) is 6.92 Å². The third-order valence-corrected chi connectivity index (χ3v) is 4.91. The SMILES string of the molecule is Cc1ccc(NC(=O)COc2ccc(Cl)cc2/C=N/NC(=O)c2ccc(Br)cc2)cc1. The lowest BCUT2D eigenvalue weighted by atomic mass is 10.2. The van der Waals surface area contributed by atoms with Crippen LogP contribution in [0.5, 0.6) is 5.75 Å². The summed E-state index contributed by atoms with van der Waals surface area (Å²) < 4.78 is 6.50. The maximum Gasteiger partial charge on any atom is 0.271 e. The van der Waals surface area contributed by atoms with E-state index in [0.717, 1.165) is 10.0 Å². The number of benzene rings is 3. The first kappa shape index (κ1) is 22.5. The molecule has 0 heterocycles. The lowest BCUT2D eigenvalue weighted by molar-refractivity contribution is -0.118. The topological polar surface area (TPSA) is 79.8 Å². The summed E-state index contributed by atoms with van der Waals surface area (Å²) in [6.07, 6.45) is 1.41. The summed E-state index contributed by atoms with van der Waals surface area (Å²) in [6.45, 7) is 1.78. The molecule has 8 heteroatoms. The molecule has 6 nitrogen and oxygen atoms in total. The summed E-state index contributed by atoms with van der Waals surface area (Å²) in [7, 11) is 0. The molecule has 0 unspecified atom stereocenters. The van der Waals surface area contributed by atoms with Crippen molar-refractivity contribution in [2.24, 2.45) is 5.10 Å². The number of nitrogens with zero attached hydrogens (tertiary/aromatic N) is 1. The van der Waals surface area contributed by atoms with Crippen LogP contribution in [0.2, 0.25) is 5.02 Å². The zero-order valence-electron chi connectivity index (χ0n) is 16.6. The monoisotopic (exact) mass is 499 g/mol. The Morgan fingerprint density at radius 3 is 2.48 bits per heavy atom. The van der Waals surface area contributed by atoms with E-state index in [0.29, 0.717) is 27.6 Å². The van der Waals surface area contributed by atoms with Crippen LogP contribution < -0.4 is 15.5 Å². The second-order valence-electron chi connectivity index (χ2n) is 6.59. The molecule has 0 bridgehead atoms. The van der Waals surface area contributed by atoms with Crippen LogP contribution in [0.3, 0.4) is 0 Å². The molecule has 31 heavy (non-hydrogen) atoms. The molecule has 0 atom stereocenters. The van der Waals surface area contributed by atoms with E-state index >= 15 is 0 Å². The molecule has 0 aromatic heterocycles. The number of hydrogen-bond donors (Lipinski definition) is 2. The van der Waals surface area contributed by atoms with E-state index in [-0.39, 0.29) is 18.4 Å². The molecule has 3 aromatic rings. The molecule has 158 valence electrons. The van der Waals surface area contributed by atoms with Crippen molar-refractivity contribution >= 4 is 51.2 Å². The predicted molar refractivity (Wildman–Crippen MR) is 126 cm³/mol. The molecular formula is C23H19BrClN3O3. The van der Waals surface area contributed by atoms with Crippen LogP contribution in [0.1, 0.15) is 21.5 Å². The molecule has 3 aromatic carbocycles. The molecule has 0 aliphatic carbocycles. The number of carbonyl (C=O) groups excluding carboxylic acids is 2. The molecular weight excluding hydrogens is 482 g/mol. The zero-order valence-corrected chi connectivity index (χ0v) is 18.9. The molecule has 0 saturated heterocycles. The van der Waals surface area contributed by atoms with Gasteiger partial charge >= 0.3 is 0 Å². The Bertz CT molecular complexity index is 1100. The number of anilines is 1. The van der Waals surface area contributed by atoms with Gasteiger partial charge in [-0.15, -0.1) is 0 Å². The highest BCUT2D eigenvalue weighted by atomic mass is 79.9. The average Bonchev–Trinajstić information content (AvgIpc) is 2.75. The summed E-state index contributed by atoms with van der Waals surface area (Å²) in [6, 6.07) is 19.3. The summed E-state index contributed by atoms with van der Waals surface area (Å²) in [5.41, 5.74) is 5.23. The number of hydrazone groups is 1. The van der Waals surface area contributed by atoms with E-state index in [1.165, 1.54) is 6.21 Å².